The predicted octanol–water partition coefficient (Wildman–Crippen LogP) is 4.23. The summed E-state index contributed by atoms with van der Waals surface area (Å²) in [5, 5.41) is 0. The number of allylic oxidation sites excluding steroid dienone is 2. The van der Waals surface area contributed by atoms with E-state index in [9.17, 15) is 4.79 Å². The van der Waals surface area contributed by atoms with Gasteiger partial charge in [-0.25, -0.2) is 0 Å². The number of ether oxygens (including phenoxy) is 1. The molecule has 0 unspecified atom stereocenters. The highest BCUT2D eigenvalue weighted by Gasteiger charge is 2.40. The number of benzene rings is 1. The summed E-state index contributed by atoms with van der Waals surface area (Å²) in [6.07, 6.45) is 8.73. The minimum atomic E-state index is 0.417. The van der Waals surface area contributed by atoms with E-state index in [-0.39, 0.29) is 0 Å². The molecule has 1 fully saturated rings. The van der Waals surface area contributed by atoms with Gasteiger partial charge in [-0.2, -0.15) is 0 Å². The Morgan fingerprint density at radius 3 is 2.79 bits per heavy atom. The highest BCUT2D eigenvalue weighted by molar-refractivity contribution is 5.97. The number of rotatable bonds is 5. The van der Waals surface area contributed by atoms with Gasteiger partial charge in [-0.05, 0) is 50.5 Å². The van der Waals surface area contributed by atoms with Crippen LogP contribution in [0.1, 0.15) is 56.9 Å². The van der Waals surface area contributed by atoms with Crippen LogP contribution in [-0.4, -0.2) is 29.4 Å². The lowest BCUT2D eigenvalue weighted by Gasteiger charge is -2.41. The third-order valence-electron chi connectivity index (χ3n) is 5.87. The smallest absolute Gasteiger partial charge is 0.160 e. The Bertz CT molecular complexity index is 622. The van der Waals surface area contributed by atoms with Crippen LogP contribution in [0.2, 0.25) is 0 Å². The largest absolute Gasteiger partial charge is 0.377 e. The molecule has 3 aliphatic rings. The molecule has 1 saturated heterocycles. The molecular formula is C21H27NO2. The fourth-order valence-corrected chi connectivity index (χ4v) is 4.71. The first kappa shape index (κ1) is 15.9. The summed E-state index contributed by atoms with van der Waals surface area (Å²) in [5.74, 6) is 0.417. The van der Waals surface area contributed by atoms with Gasteiger partial charge in [0.1, 0.15) is 0 Å². The first-order valence-electron chi connectivity index (χ1n) is 9.48. The lowest BCUT2D eigenvalue weighted by molar-refractivity contribution is -0.116. The molecule has 0 spiro atoms. The molecule has 3 nitrogen and oxygen atoms in total. The van der Waals surface area contributed by atoms with Crippen molar-refractivity contribution in [3.05, 3.63) is 47.2 Å². The summed E-state index contributed by atoms with van der Waals surface area (Å²) in [5.41, 5.74) is 3.80. The van der Waals surface area contributed by atoms with Gasteiger partial charge in [0.05, 0.1) is 6.61 Å². The van der Waals surface area contributed by atoms with Crippen LogP contribution in [0.4, 0.5) is 0 Å². The zero-order valence-electron chi connectivity index (χ0n) is 14.4. The molecule has 0 amide bonds. The summed E-state index contributed by atoms with van der Waals surface area (Å²) < 4.78 is 5.91. The van der Waals surface area contributed by atoms with Crippen molar-refractivity contribution in [2.75, 3.05) is 6.61 Å². The van der Waals surface area contributed by atoms with Gasteiger partial charge in [0.25, 0.3) is 0 Å². The van der Waals surface area contributed by atoms with Crippen LogP contribution < -0.4 is 0 Å². The monoisotopic (exact) mass is 325 g/mol. The van der Waals surface area contributed by atoms with Crippen molar-refractivity contribution in [3.8, 4) is 0 Å². The maximum atomic E-state index is 12.2. The highest BCUT2D eigenvalue weighted by Crippen LogP contribution is 2.42. The number of fused-ring (bicyclic) bond motifs is 2. The van der Waals surface area contributed by atoms with Crippen molar-refractivity contribution in [1.82, 2.24) is 4.90 Å². The first-order chi connectivity index (χ1) is 11.8. The summed E-state index contributed by atoms with van der Waals surface area (Å²) in [4.78, 5) is 14.9. The minimum absolute atomic E-state index is 0.417. The Balaban J connectivity index is 1.36. The average Bonchev–Trinajstić information content (AvgIpc) is 3.04. The number of nitrogens with zero attached hydrogens (tertiary/aromatic N) is 1. The Morgan fingerprint density at radius 1 is 1.04 bits per heavy atom. The fraction of sp³-hybridized carbons (Fsp3) is 0.571. The van der Waals surface area contributed by atoms with E-state index >= 15 is 0 Å². The van der Waals surface area contributed by atoms with Crippen molar-refractivity contribution in [2.24, 2.45) is 0 Å². The van der Waals surface area contributed by atoms with Crippen molar-refractivity contribution in [3.63, 3.8) is 0 Å². The van der Waals surface area contributed by atoms with E-state index in [4.69, 9.17) is 4.74 Å². The lowest BCUT2D eigenvalue weighted by Crippen LogP contribution is -2.41. The second-order valence-corrected chi connectivity index (χ2v) is 7.36. The van der Waals surface area contributed by atoms with Crippen LogP contribution >= 0.6 is 0 Å². The van der Waals surface area contributed by atoms with E-state index in [2.05, 4.69) is 29.2 Å². The molecule has 1 aromatic carbocycles. The molecule has 0 N–H and O–H groups in total. The fourth-order valence-electron chi connectivity index (χ4n) is 4.71. The van der Waals surface area contributed by atoms with Crippen molar-refractivity contribution < 1.29 is 9.53 Å². The van der Waals surface area contributed by atoms with Crippen molar-refractivity contribution in [2.45, 2.75) is 70.1 Å². The van der Waals surface area contributed by atoms with Gasteiger partial charge in [0.2, 0.25) is 0 Å². The maximum Gasteiger partial charge on any atom is 0.160 e. The molecule has 3 heteroatoms. The van der Waals surface area contributed by atoms with E-state index < -0.39 is 0 Å². The molecule has 0 aromatic heterocycles. The predicted molar refractivity (Wildman–Crippen MR) is 94.5 cm³/mol. The molecule has 0 saturated carbocycles. The molecule has 2 atom stereocenters. The normalized spacial score (nSPS) is 26.5. The van der Waals surface area contributed by atoms with Gasteiger partial charge in [0, 0.05) is 36.4 Å². The second kappa shape index (κ2) is 7.10. The molecule has 24 heavy (non-hydrogen) atoms. The van der Waals surface area contributed by atoms with Crippen LogP contribution in [0, 0.1) is 0 Å². The second-order valence-electron chi connectivity index (χ2n) is 7.36. The Hall–Kier alpha value is -1.61. The molecule has 2 aliphatic heterocycles. The Morgan fingerprint density at radius 2 is 1.92 bits per heavy atom. The molecular weight excluding hydrogens is 298 g/mol. The van der Waals surface area contributed by atoms with Gasteiger partial charge in [-0.3, -0.25) is 4.79 Å². The number of carbonyl (C=O) groups is 1. The van der Waals surface area contributed by atoms with E-state index in [1.807, 2.05) is 6.07 Å². The van der Waals surface area contributed by atoms with Crippen molar-refractivity contribution >= 4 is 5.78 Å². The van der Waals surface area contributed by atoms with E-state index in [0.29, 0.717) is 24.5 Å². The van der Waals surface area contributed by atoms with E-state index in [0.717, 1.165) is 44.3 Å². The van der Waals surface area contributed by atoms with Gasteiger partial charge in [-0.15, -0.1) is 0 Å². The number of ketones is 1. The number of carbonyl (C=O) groups excluding carboxylic acids is 1. The van der Waals surface area contributed by atoms with Crippen LogP contribution in [0.15, 0.2) is 41.6 Å². The third-order valence-corrected chi connectivity index (χ3v) is 5.87. The van der Waals surface area contributed by atoms with E-state index in [1.54, 1.807) is 0 Å². The summed E-state index contributed by atoms with van der Waals surface area (Å²) >= 11 is 0. The van der Waals surface area contributed by atoms with Gasteiger partial charge in [-0.1, -0.05) is 30.3 Å². The van der Waals surface area contributed by atoms with E-state index in [1.165, 1.54) is 30.5 Å². The van der Waals surface area contributed by atoms with Gasteiger partial charge < -0.3 is 9.64 Å². The van der Waals surface area contributed by atoms with Crippen LogP contribution in [0.5, 0.6) is 0 Å². The quantitative estimate of drug-likeness (QED) is 0.759. The average molecular weight is 325 g/mol. The molecule has 1 aliphatic carbocycles. The third kappa shape index (κ3) is 3.14. The number of hydrogen-bond acceptors (Lipinski definition) is 3. The van der Waals surface area contributed by atoms with Gasteiger partial charge in [0.15, 0.2) is 5.78 Å². The Kier molecular flexibility index (Phi) is 4.70. The summed E-state index contributed by atoms with van der Waals surface area (Å²) in [7, 11) is 0. The molecule has 4 rings (SSSR count). The number of Topliss-reactive ketones (excluding diaryl/α,β-unsaturated/α-hetero) is 1. The van der Waals surface area contributed by atoms with Crippen LogP contribution in [0.3, 0.4) is 0 Å². The highest BCUT2D eigenvalue weighted by atomic mass is 16.5. The molecule has 128 valence electrons. The van der Waals surface area contributed by atoms with Crippen LogP contribution in [0.25, 0.3) is 0 Å². The zero-order valence-corrected chi connectivity index (χ0v) is 14.4. The molecule has 0 radical (unpaired) electrons. The van der Waals surface area contributed by atoms with Crippen LogP contribution in [-0.2, 0) is 16.1 Å². The minimum Gasteiger partial charge on any atom is -0.377 e. The summed E-state index contributed by atoms with van der Waals surface area (Å²) in [6.45, 7) is 1.50. The standard InChI is InChI=1S/C21H27NO2/c23-21-8-4-7-20-19(21)12-11-17-9-10-18(22(17)20)13-14-24-15-16-5-2-1-3-6-16/h1-3,5-6,17-18H,4,7-15H2/t17-,18+/m1/s1. The molecule has 0 bridgehead atoms. The molecule has 2 heterocycles. The summed E-state index contributed by atoms with van der Waals surface area (Å²) in [6, 6.07) is 11.6. The lowest BCUT2D eigenvalue weighted by atomic mass is 9.86. The molecule has 1 aromatic rings. The number of hydrogen-bond donors (Lipinski definition) is 0. The Labute approximate surface area is 144 Å². The van der Waals surface area contributed by atoms with Crippen molar-refractivity contribution in [1.29, 1.82) is 0 Å². The first-order valence-corrected chi connectivity index (χ1v) is 9.48. The SMILES string of the molecule is O=C1CCCC2=C1CC[C@H]1CC[C@@H](CCOCc3ccccc3)N21. The zero-order chi connectivity index (χ0) is 16.4. The van der Waals surface area contributed by atoms with Gasteiger partial charge >= 0.3 is 0 Å². The topological polar surface area (TPSA) is 29.5 Å². The maximum absolute atomic E-state index is 12.2.